The molecule has 4 rings (SSSR count). The normalized spacial score (nSPS) is 11.2. The third-order valence-electron chi connectivity index (χ3n) is 4.82. The first-order valence-electron chi connectivity index (χ1n) is 8.37. The average Bonchev–Trinajstić information content (AvgIpc) is 2.92. The van der Waals surface area contributed by atoms with Crippen molar-refractivity contribution in [3.63, 3.8) is 0 Å². The monoisotopic (exact) mass is 395 g/mol. The van der Waals surface area contributed by atoms with Crippen LogP contribution in [0.1, 0.15) is 5.56 Å². The van der Waals surface area contributed by atoms with E-state index in [1.165, 1.54) is 0 Å². The molecule has 4 nitrogen and oxygen atoms in total. The maximum atomic E-state index is 13.1. The molecule has 6 heteroatoms. The number of nitrogens with zero attached hydrogens (tertiary/aromatic N) is 3. The zero-order valence-corrected chi connectivity index (χ0v) is 16.3. The quantitative estimate of drug-likeness (QED) is 0.462. The summed E-state index contributed by atoms with van der Waals surface area (Å²) in [7, 11) is 1.72. The molecule has 0 bridgehead atoms. The lowest BCUT2D eigenvalue weighted by atomic mass is 10.0. The minimum Gasteiger partial charge on any atom is -0.313 e. The first kappa shape index (κ1) is 17.7. The summed E-state index contributed by atoms with van der Waals surface area (Å²) in [6.45, 7) is 2.18. The molecular weight excluding hydrogens is 381 g/mol. The van der Waals surface area contributed by atoms with Crippen LogP contribution in [-0.4, -0.2) is 9.13 Å². The lowest BCUT2D eigenvalue weighted by molar-refractivity contribution is 0.814. The van der Waals surface area contributed by atoms with Gasteiger partial charge in [0.15, 0.2) is 0 Å². The Balaban J connectivity index is 2.18. The molecule has 0 aliphatic rings. The Bertz CT molecular complexity index is 1330. The van der Waals surface area contributed by atoms with Crippen molar-refractivity contribution in [2.24, 2.45) is 7.05 Å². The predicted molar refractivity (Wildman–Crippen MR) is 110 cm³/mol. The number of aryl methyl sites for hydroxylation is 2. The number of benzene rings is 2. The summed E-state index contributed by atoms with van der Waals surface area (Å²) in [5.41, 5.74) is 3.72. The van der Waals surface area contributed by atoms with Gasteiger partial charge in [0.05, 0.1) is 16.6 Å². The molecule has 2 aromatic heterocycles. The molecule has 0 radical (unpaired) electrons. The maximum absolute atomic E-state index is 13.1. The Morgan fingerprint density at radius 2 is 1.81 bits per heavy atom. The lowest BCUT2D eigenvalue weighted by Crippen LogP contribution is -2.20. The van der Waals surface area contributed by atoms with Crippen LogP contribution in [0, 0.1) is 18.3 Å². The van der Waals surface area contributed by atoms with Gasteiger partial charge in [-0.15, -0.1) is 0 Å². The summed E-state index contributed by atoms with van der Waals surface area (Å²) >= 11 is 12.4. The van der Waals surface area contributed by atoms with Crippen LogP contribution in [0.15, 0.2) is 47.3 Å². The first-order valence-corrected chi connectivity index (χ1v) is 9.13. The second kappa shape index (κ2) is 6.45. The summed E-state index contributed by atoms with van der Waals surface area (Å²) in [4.78, 5) is 13.1. The minimum absolute atomic E-state index is 0.164. The van der Waals surface area contributed by atoms with Gasteiger partial charge in [-0.25, -0.2) is 0 Å². The Labute approximate surface area is 165 Å². The summed E-state index contributed by atoms with van der Waals surface area (Å²) in [6.07, 6.45) is 0. The molecule has 2 aromatic carbocycles. The van der Waals surface area contributed by atoms with Crippen LogP contribution in [0.3, 0.4) is 0 Å². The smallest absolute Gasteiger partial charge is 0.259 e. The van der Waals surface area contributed by atoms with Crippen molar-refractivity contribution >= 4 is 45.1 Å². The van der Waals surface area contributed by atoms with Gasteiger partial charge in [-0.1, -0.05) is 40.9 Å². The highest BCUT2D eigenvalue weighted by atomic mass is 35.5. The van der Waals surface area contributed by atoms with E-state index in [9.17, 15) is 10.1 Å². The Hall–Kier alpha value is -2.74. The fourth-order valence-corrected chi connectivity index (χ4v) is 4.11. The number of pyridine rings is 1. The van der Waals surface area contributed by atoms with Gasteiger partial charge in [0, 0.05) is 34.0 Å². The van der Waals surface area contributed by atoms with Crippen molar-refractivity contribution in [1.82, 2.24) is 9.13 Å². The van der Waals surface area contributed by atoms with E-state index in [1.807, 2.05) is 29.7 Å². The standard InChI is InChI=1S/C21H15Cl2N3O/c1-12-3-6-19-15(9-12)16-11-17(14-5-4-13(22)10-18(14)23)21(27)25(2)20(16)26(19)8-7-24/h3-6,9-11H,8H2,1-2H3. The molecule has 0 spiro atoms. The number of nitriles is 1. The first-order chi connectivity index (χ1) is 12.9. The maximum Gasteiger partial charge on any atom is 0.259 e. The summed E-state index contributed by atoms with van der Waals surface area (Å²) < 4.78 is 3.46. The van der Waals surface area contributed by atoms with Crippen molar-refractivity contribution in [3.8, 4) is 17.2 Å². The fourth-order valence-electron chi connectivity index (χ4n) is 3.60. The molecule has 27 heavy (non-hydrogen) atoms. The molecule has 4 aromatic rings. The zero-order valence-electron chi connectivity index (χ0n) is 14.8. The Kier molecular flexibility index (Phi) is 4.22. The highest BCUT2D eigenvalue weighted by Gasteiger charge is 2.18. The molecule has 2 heterocycles. The van der Waals surface area contributed by atoms with E-state index in [-0.39, 0.29) is 12.1 Å². The van der Waals surface area contributed by atoms with E-state index in [0.29, 0.717) is 21.2 Å². The molecule has 0 atom stereocenters. The van der Waals surface area contributed by atoms with E-state index < -0.39 is 0 Å². The number of hydrogen-bond acceptors (Lipinski definition) is 2. The van der Waals surface area contributed by atoms with E-state index in [4.69, 9.17) is 23.2 Å². The van der Waals surface area contributed by atoms with Crippen LogP contribution >= 0.6 is 23.2 Å². The van der Waals surface area contributed by atoms with Gasteiger partial charge in [0.25, 0.3) is 5.56 Å². The van der Waals surface area contributed by atoms with Crippen molar-refractivity contribution < 1.29 is 0 Å². The molecule has 0 saturated heterocycles. The number of rotatable bonds is 2. The second-order valence-electron chi connectivity index (χ2n) is 6.55. The molecule has 0 unspecified atom stereocenters. The van der Waals surface area contributed by atoms with E-state index >= 15 is 0 Å². The largest absolute Gasteiger partial charge is 0.313 e. The summed E-state index contributed by atoms with van der Waals surface area (Å²) in [5.74, 6) is 0. The van der Waals surface area contributed by atoms with Crippen LogP contribution in [0.4, 0.5) is 0 Å². The van der Waals surface area contributed by atoms with Crippen LogP contribution < -0.4 is 5.56 Å². The lowest BCUT2D eigenvalue weighted by Gasteiger charge is -2.10. The third kappa shape index (κ3) is 2.71. The van der Waals surface area contributed by atoms with Gasteiger partial charge in [-0.05, 0) is 37.3 Å². The average molecular weight is 396 g/mol. The van der Waals surface area contributed by atoms with Gasteiger partial charge in [0.2, 0.25) is 0 Å². The molecule has 0 aliphatic carbocycles. The number of aromatic nitrogens is 2. The van der Waals surface area contributed by atoms with Gasteiger partial charge < -0.3 is 4.57 Å². The molecule has 0 saturated carbocycles. The SMILES string of the molecule is Cc1ccc2c(c1)c1cc(-c3ccc(Cl)cc3Cl)c(=O)n(C)c1n2CC#N. The highest BCUT2D eigenvalue weighted by Crippen LogP contribution is 2.34. The van der Waals surface area contributed by atoms with E-state index in [1.54, 1.807) is 29.8 Å². The van der Waals surface area contributed by atoms with Gasteiger partial charge >= 0.3 is 0 Å². The predicted octanol–water partition coefficient (Wildman–Crippen LogP) is 5.30. The van der Waals surface area contributed by atoms with E-state index in [2.05, 4.69) is 12.1 Å². The van der Waals surface area contributed by atoms with Crippen molar-refractivity contribution in [2.75, 3.05) is 0 Å². The Morgan fingerprint density at radius 1 is 1.04 bits per heavy atom. The van der Waals surface area contributed by atoms with Crippen LogP contribution in [0.2, 0.25) is 10.0 Å². The van der Waals surface area contributed by atoms with Crippen molar-refractivity contribution in [3.05, 3.63) is 68.4 Å². The number of hydrogen-bond donors (Lipinski definition) is 0. The molecular formula is C21H15Cl2N3O. The molecule has 0 aliphatic heterocycles. The van der Waals surface area contributed by atoms with E-state index in [0.717, 1.165) is 27.5 Å². The minimum atomic E-state index is -0.176. The topological polar surface area (TPSA) is 50.7 Å². The second-order valence-corrected chi connectivity index (χ2v) is 7.39. The van der Waals surface area contributed by atoms with Crippen LogP contribution in [0.5, 0.6) is 0 Å². The summed E-state index contributed by atoms with van der Waals surface area (Å²) in [6, 6.07) is 15.2. The van der Waals surface area contributed by atoms with Crippen molar-refractivity contribution in [1.29, 1.82) is 5.26 Å². The summed E-state index contributed by atoms with van der Waals surface area (Å²) in [5, 5.41) is 12.1. The highest BCUT2D eigenvalue weighted by molar-refractivity contribution is 6.36. The number of halogens is 2. The van der Waals surface area contributed by atoms with Gasteiger partial charge in [-0.2, -0.15) is 5.26 Å². The zero-order chi connectivity index (χ0) is 19.3. The Morgan fingerprint density at radius 3 is 2.52 bits per heavy atom. The van der Waals surface area contributed by atoms with Crippen molar-refractivity contribution in [2.45, 2.75) is 13.5 Å². The molecule has 0 amide bonds. The number of fused-ring (bicyclic) bond motifs is 3. The van der Waals surface area contributed by atoms with Crippen LogP contribution in [-0.2, 0) is 13.6 Å². The van der Waals surface area contributed by atoms with Gasteiger partial charge in [-0.3, -0.25) is 9.36 Å². The molecule has 134 valence electrons. The molecule has 0 N–H and O–H groups in total. The third-order valence-corrected chi connectivity index (χ3v) is 5.37. The van der Waals surface area contributed by atoms with Gasteiger partial charge in [0.1, 0.15) is 12.2 Å². The van der Waals surface area contributed by atoms with Crippen LogP contribution in [0.25, 0.3) is 33.1 Å². The molecule has 0 fully saturated rings. The fraction of sp³-hybridized carbons (Fsp3) is 0.143.